The first-order chi connectivity index (χ1) is 18.3. The van der Waals surface area contributed by atoms with Crippen LogP contribution in [0.5, 0.6) is 0 Å². The van der Waals surface area contributed by atoms with Crippen LogP contribution in [0.1, 0.15) is 43.1 Å². The number of aromatic nitrogens is 2. The van der Waals surface area contributed by atoms with Gasteiger partial charge in [-0.1, -0.05) is 72.8 Å². The fourth-order valence-corrected chi connectivity index (χ4v) is 5.19. The van der Waals surface area contributed by atoms with E-state index in [-0.39, 0.29) is 12.1 Å². The van der Waals surface area contributed by atoms with Crippen molar-refractivity contribution in [1.29, 1.82) is 0 Å². The number of esters is 1. The molecule has 5 rings (SSSR count). The molecular weight excluding hydrogens is 478 g/mol. The zero-order valence-corrected chi connectivity index (χ0v) is 22.0. The highest BCUT2D eigenvalue weighted by molar-refractivity contribution is 5.90. The summed E-state index contributed by atoms with van der Waals surface area (Å²) in [4.78, 5) is 25.0. The lowest BCUT2D eigenvalue weighted by Gasteiger charge is -2.22. The number of methoxy groups -OCH3 is 1. The summed E-state index contributed by atoms with van der Waals surface area (Å²) >= 11 is 0. The number of amides is 1. The van der Waals surface area contributed by atoms with Gasteiger partial charge in [0.15, 0.2) is 0 Å². The fourth-order valence-electron chi connectivity index (χ4n) is 5.19. The third-order valence-corrected chi connectivity index (χ3v) is 7.47. The molecule has 38 heavy (non-hydrogen) atoms. The van der Waals surface area contributed by atoms with E-state index in [0.717, 1.165) is 46.2 Å². The highest BCUT2D eigenvalue weighted by atomic mass is 16.6. The largest absolute Gasteiger partial charge is 0.468 e. The second-order valence-electron chi connectivity index (χ2n) is 9.89. The molecule has 2 atom stereocenters. The molecule has 1 aliphatic carbocycles. The maximum Gasteiger partial charge on any atom is 0.413 e. The van der Waals surface area contributed by atoms with Crippen LogP contribution in [-0.4, -0.2) is 29.0 Å². The average Bonchev–Trinajstić information content (AvgIpc) is 3.48. The first-order valence-electron chi connectivity index (χ1n) is 12.7. The standard InChI is InChI=1S/C31H31N3O4/c1-20(21-8-6-5-7-9-21)38-30(36)33-28-26(19-32-34(28)3)23-12-10-22(11-13-23)24-14-15-27-25(18-24)16-17-31(27,2)29(35)37-4/h5-15,18-20H,16-17H2,1-4H3,(H,33,36)/t20-,31?/m1/s1. The lowest BCUT2D eigenvalue weighted by molar-refractivity contribution is -0.146. The summed E-state index contributed by atoms with van der Waals surface area (Å²) in [6, 6.07) is 24.0. The van der Waals surface area contributed by atoms with E-state index in [1.54, 1.807) is 17.9 Å². The lowest BCUT2D eigenvalue weighted by atomic mass is 9.83. The average molecular weight is 510 g/mol. The molecule has 0 bridgehead atoms. The lowest BCUT2D eigenvalue weighted by Crippen LogP contribution is -2.31. The van der Waals surface area contributed by atoms with E-state index in [0.29, 0.717) is 5.82 Å². The van der Waals surface area contributed by atoms with Crippen LogP contribution in [-0.2, 0) is 33.2 Å². The van der Waals surface area contributed by atoms with Gasteiger partial charge in [-0.3, -0.25) is 14.8 Å². The van der Waals surface area contributed by atoms with Crippen molar-refractivity contribution >= 4 is 17.9 Å². The van der Waals surface area contributed by atoms with Gasteiger partial charge in [0.2, 0.25) is 0 Å². The number of nitrogens with zero attached hydrogens (tertiary/aromatic N) is 2. The molecule has 1 N–H and O–H groups in total. The van der Waals surface area contributed by atoms with Crippen molar-refractivity contribution in [1.82, 2.24) is 9.78 Å². The fraction of sp³-hybridized carbons (Fsp3) is 0.258. The van der Waals surface area contributed by atoms with Gasteiger partial charge in [-0.05, 0) is 60.1 Å². The van der Waals surface area contributed by atoms with Gasteiger partial charge < -0.3 is 9.47 Å². The molecule has 7 heteroatoms. The van der Waals surface area contributed by atoms with E-state index >= 15 is 0 Å². The minimum atomic E-state index is -0.587. The highest BCUT2D eigenvalue weighted by Crippen LogP contribution is 2.41. The Kier molecular flexibility index (Phi) is 6.76. The number of aryl methyl sites for hydroxylation is 2. The molecule has 0 saturated carbocycles. The number of hydrogen-bond donors (Lipinski definition) is 1. The Morgan fingerprint density at radius 3 is 2.39 bits per heavy atom. The Labute approximate surface area is 222 Å². The van der Waals surface area contributed by atoms with Crippen LogP contribution in [0, 0.1) is 0 Å². The number of rotatable bonds is 6. The van der Waals surface area contributed by atoms with Crippen LogP contribution in [0.3, 0.4) is 0 Å². The Morgan fingerprint density at radius 2 is 1.68 bits per heavy atom. The Morgan fingerprint density at radius 1 is 1.00 bits per heavy atom. The SMILES string of the molecule is COC(=O)C1(C)CCc2cc(-c3ccc(-c4cnn(C)c4NC(=O)O[C@H](C)c4ccccc4)cc3)ccc21. The number of anilines is 1. The summed E-state index contributed by atoms with van der Waals surface area (Å²) in [6.07, 6.45) is 2.40. The van der Waals surface area contributed by atoms with Crippen molar-refractivity contribution in [3.8, 4) is 22.3 Å². The van der Waals surface area contributed by atoms with E-state index in [1.807, 2.05) is 62.4 Å². The minimum Gasteiger partial charge on any atom is -0.468 e. The first kappa shape index (κ1) is 25.3. The smallest absolute Gasteiger partial charge is 0.413 e. The van der Waals surface area contributed by atoms with Gasteiger partial charge in [0.1, 0.15) is 11.9 Å². The molecule has 1 aromatic heterocycles. The van der Waals surface area contributed by atoms with Crippen LogP contribution in [0.25, 0.3) is 22.3 Å². The molecule has 0 radical (unpaired) electrons. The van der Waals surface area contributed by atoms with Crippen molar-refractivity contribution < 1.29 is 19.1 Å². The third kappa shape index (κ3) is 4.67. The van der Waals surface area contributed by atoms with Gasteiger partial charge >= 0.3 is 12.1 Å². The van der Waals surface area contributed by atoms with E-state index in [1.165, 1.54) is 12.7 Å². The molecule has 194 valence electrons. The number of fused-ring (bicyclic) bond motifs is 1. The summed E-state index contributed by atoms with van der Waals surface area (Å²) in [5.74, 6) is 0.371. The molecule has 3 aromatic carbocycles. The molecule has 0 saturated heterocycles. The number of carbonyl (C=O) groups excluding carboxylic acids is 2. The van der Waals surface area contributed by atoms with Crippen LogP contribution in [0.2, 0.25) is 0 Å². The van der Waals surface area contributed by atoms with Gasteiger partial charge in [-0.25, -0.2) is 4.79 Å². The van der Waals surface area contributed by atoms with Crippen molar-refractivity contribution in [2.75, 3.05) is 12.4 Å². The van der Waals surface area contributed by atoms with Crippen molar-refractivity contribution in [3.05, 3.63) is 95.7 Å². The molecule has 4 aromatic rings. The van der Waals surface area contributed by atoms with Crippen LogP contribution >= 0.6 is 0 Å². The second-order valence-corrected chi connectivity index (χ2v) is 9.89. The van der Waals surface area contributed by atoms with Gasteiger partial charge in [-0.2, -0.15) is 5.10 Å². The normalized spacial score (nSPS) is 16.9. The Bertz CT molecular complexity index is 1480. The summed E-state index contributed by atoms with van der Waals surface area (Å²) in [6.45, 7) is 3.80. The molecule has 7 nitrogen and oxygen atoms in total. The molecule has 1 heterocycles. The predicted octanol–water partition coefficient (Wildman–Crippen LogP) is 6.44. The summed E-state index contributed by atoms with van der Waals surface area (Å²) in [7, 11) is 3.22. The number of nitrogens with one attached hydrogen (secondary N) is 1. The molecule has 0 spiro atoms. The van der Waals surface area contributed by atoms with Crippen LogP contribution in [0.4, 0.5) is 10.6 Å². The van der Waals surface area contributed by atoms with Crippen molar-refractivity contribution in [2.24, 2.45) is 7.05 Å². The van der Waals surface area contributed by atoms with Gasteiger partial charge in [-0.15, -0.1) is 0 Å². The minimum absolute atomic E-state index is 0.187. The molecule has 1 aliphatic rings. The van der Waals surface area contributed by atoms with Crippen molar-refractivity contribution in [2.45, 2.75) is 38.2 Å². The molecule has 1 unspecified atom stereocenters. The number of carbonyl (C=O) groups is 2. The van der Waals surface area contributed by atoms with E-state index in [2.05, 4.69) is 34.7 Å². The van der Waals surface area contributed by atoms with E-state index in [9.17, 15) is 9.59 Å². The predicted molar refractivity (Wildman–Crippen MR) is 147 cm³/mol. The summed E-state index contributed by atoms with van der Waals surface area (Å²) < 4.78 is 12.3. The zero-order chi connectivity index (χ0) is 26.9. The molecular formula is C31H31N3O4. The maximum atomic E-state index is 12.7. The quantitative estimate of drug-likeness (QED) is 0.303. The monoisotopic (exact) mass is 509 g/mol. The zero-order valence-electron chi connectivity index (χ0n) is 22.0. The van der Waals surface area contributed by atoms with Crippen LogP contribution in [0.15, 0.2) is 79.0 Å². The van der Waals surface area contributed by atoms with E-state index < -0.39 is 11.5 Å². The molecule has 0 fully saturated rings. The third-order valence-electron chi connectivity index (χ3n) is 7.47. The second kappa shape index (κ2) is 10.2. The Balaban J connectivity index is 1.33. The van der Waals surface area contributed by atoms with Gasteiger partial charge in [0.25, 0.3) is 0 Å². The first-order valence-corrected chi connectivity index (χ1v) is 12.7. The van der Waals surface area contributed by atoms with E-state index in [4.69, 9.17) is 9.47 Å². The number of hydrogen-bond acceptors (Lipinski definition) is 5. The highest BCUT2D eigenvalue weighted by Gasteiger charge is 2.42. The van der Waals surface area contributed by atoms with Gasteiger partial charge in [0, 0.05) is 12.6 Å². The molecule has 1 amide bonds. The number of ether oxygens (including phenoxy) is 2. The Hall–Kier alpha value is -4.39. The summed E-state index contributed by atoms with van der Waals surface area (Å²) in [5, 5.41) is 7.20. The number of benzene rings is 3. The maximum absolute atomic E-state index is 12.7. The molecule has 0 aliphatic heterocycles. The van der Waals surface area contributed by atoms with Crippen molar-refractivity contribution in [3.63, 3.8) is 0 Å². The summed E-state index contributed by atoms with van der Waals surface area (Å²) in [5.41, 5.74) is 6.44. The van der Waals surface area contributed by atoms with Gasteiger partial charge in [0.05, 0.1) is 18.7 Å². The topological polar surface area (TPSA) is 82.5 Å². The van der Waals surface area contributed by atoms with Crippen LogP contribution < -0.4 is 5.32 Å².